The van der Waals surface area contributed by atoms with Crippen LogP contribution in [0.5, 0.6) is 0 Å². The van der Waals surface area contributed by atoms with Crippen LogP contribution in [0.15, 0.2) is 0 Å². The third kappa shape index (κ3) is 0.327. The van der Waals surface area contributed by atoms with Crippen molar-refractivity contribution < 1.29 is 5.11 Å². The number of aliphatic hydroxyl groups excluding tert-OH is 1. The van der Waals surface area contributed by atoms with Gasteiger partial charge in [0.2, 0.25) is 0 Å². The number of hydrogen-bond acceptors (Lipinski definition) is 2. The molecule has 2 heteroatoms. The molecule has 0 amide bonds. The van der Waals surface area contributed by atoms with Crippen LogP contribution in [0.4, 0.5) is 0 Å². The van der Waals surface area contributed by atoms with Crippen LogP contribution < -0.4 is 0 Å². The number of hydrogen-bond donors (Lipinski definition) is 1. The van der Waals surface area contributed by atoms with Crippen LogP contribution in [-0.4, -0.2) is 21.7 Å². The van der Waals surface area contributed by atoms with Gasteiger partial charge in [0.1, 0.15) is 0 Å². The van der Waals surface area contributed by atoms with Crippen molar-refractivity contribution in [3.8, 4) is 0 Å². The monoisotopic (exact) mass is 180 g/mol. The van der Waals surface area contributed by atoms with Gasteiger partial charge in [-0.2, -0.15) is 11.8 Å². The van der Waals surface area contributed by atoms with E-state index in [1.165, 1.54) is 6.42 Å². The van der Waals surface area contributed by atoms with Crippen LogP contribution in [0.3, 0.4) is 0 Å². The Labute approximate surface area is 75.9 Å². The average molecular weight is 180 g/mol. The second kappa shape index (κ2) is 1.40. The zero-order valence-electron chi connectivity index (χ0n) is 6.76. The summed E-state index contributed by atoms with van der Waals surface area (Å²) in [4.78, 5) is 0. The van der Waals surface area contributed by atoms with E-state index in [-0.39, 0.29) is 6.10 Å². The van der Waals surface area contributed by atoms with Gasteiger partial charge in [-0.3, -0.25) is 0 Å². The number of rotatable bonds is 0. The van der Waals surface area contributed by atoms with E-state index in [9.17, 15) is 5.11 Å². The highest BCUT2D eigenvalue weighted by Crippen LogP contribution is 2.82. The molecule has 2 bridgehead atoms. The normalized spacial score (nSPS) is 85.2. The Morgan fingerprint density at radius 2 is 1.83 bits per heavy atom. The molecule has 1 heterocycles. The van der Waals surface area contributed by atoms with Crippen molar-refractivity contribution in [2.45, 2.75) is 23.0 Å². The summed E-state index contributed by atoms with van der Waals surface area (Å²) in [5, 5.41) is 11.9. The van der Waals surface area contributed by atoms with Gasteiger partial charge in [0.15, 0.2) is 0 Å². The van der Waals surface area contributed by atoms with Crippen molar-refractivity contribution in [2.75, 3.05) is 0 Å². The first-order chi connectivity index (χ1) is 5.88. The summed E-state index contributed by atoms with van der Waals surface area (Å²) in [6.45, 7) is 0. The van der Waals surface area contributed by atoms with Gasteiger partial charge in [-0.05, 0) is 30.1 Å². The molecule has 5 aliphatic rings. The molecule has 4 aliphatic carbocycles. The zero-order valence-corrected chi connectivity index (χ0v) is 7.58. The third-order valence-corrected chi connectivity index (χ3v) is 7.50. The molecule has 5 fully saturated rings. The molecule has 0 unspecified atom stereocenters. The van der Waals surface area contributed by atoms with Crippen LogP contribution in [0, 0.1) is 35.5 Å². The first-order valence-corrected chi connectivity index (χ1v) is 6.16. The van der Waals surface area contributed by atoms with Gasteiger partial charge in [-0.25, -0.2) is 0 Å². The molecule has 12 heavy (non-hydrogen) atoms. The fourth-order valence-corrected chi connectivity index (χ4v) is 8.00. The standard InChI is InChI=1S/C10H12OS/c11-8-6-2-1-3-5-4(2)7(8)10(5)12-9(3)6/h2-11H,1H2/t2-,3+,4+,5+,6-,7+,8+,9-,10-/m0/s1. The summed E-state index contributed by atoms with van der Waals surface area (Å²) < 4.78 is 0. The van der Waals surface area contributed by atoms with Gasteiger partial charge in [-0.15, -0.1) is 0 Å². The van der Waals surface area contributed by atoms with E-state index in [2.05, 4.69) is 11.8 Å². The Morgan fingerprint density at radius 3 is 2.75 bits per heavy atom. The molecule has 4 saturated carbocycles. The van der Waals surface area contributed by atoms with Crippen LogP contribution in [0.25, 0.3) is 0 Å². The molecular formula is C10H12OS. The lowest BCUT2D eigenvalue weighted by atomic mass is 9.64. The Balaban J connectivity index is 1.86. The van der Waals surface area contributed by atoms with Crippen LogP contribution in [0.2, 0.25) is 0 Å². The molecule has 0 radical (unpaired) electrons. The van der Waals surface area contributed by atoms with E-state index in [1.54, 1.807) is 0 Å². The van der Waals surface area contributed by atoms with Gasteiger partial charge < -0.3 is 5.11 Å². The molecule has 64 valence electrons. The summed E-state index contributed by atoms with van der Waals surface area (Å²) in [6, 6.07) is 0. The van der Waals surface area contributed by atoms with E-state index in [0.717, 1.165) is 46.0 Å². The minimum atomic E-state index is 0.125. The number of aliphatic hydroxyl groups is 1. The highest BCUT2D eigenvalue weighted by molar-refractivity contribution is 8.01. The topological polar surface area (TPSA) is 20.2 Å². The first kappa shape index (κ1) is 5.92. The predicted molar refractivity (Wildman–Crippen MR) is 46.7 cm³/mol. The van der Waals surface area contributed by atoms with Crippen molar-refractivity contribution in [3.63, 3.8) is 0 Å². The second-order valence-corrected chi connectivity index (χ2v) is 6.79. The molecule has 0 aromatic carbocycles. The second-order valence-electron chi connectivity index (χ2n) is 5.43. The van der Waals surface area contributed by atoms with E-state index >= 15 is 0 Å². The first-order valence-electron chi connectivity index (χ1n) is 5.21. The van der Waals surface area contributed by atoms with Crippen molar-refractivity contribution in [1.29, 1.82) is 0 Å². The number of thioether (sulfide) groups is 1. The Morgan fingerprint density at radius 1 is 0.917 bits per heavy atom. The van der Waals surface area contributed by atoms with Gasteiger partial charge in [0.25, 0.3) is 0 Å². The quantitative estimate of drug-likeness (QED) is 0.599. The van der Waals surface area contributed by atoms with Gasteiger partial charge in [0, 0.05) is 22.3 Å². The fraction of sp³-hybridized carbons (Fsp3) is 1.00. The highest BCUT2D eigenvalue weighted by Gasteiger charge is 2.81. The van der Waals surface area contributed by atoms with Crippen LogP contribution in [-0.2, 0) is 0 Å². The molecule has 1 aliphatic heterocycles. The van der Waals surface area contributed by atoms with Crippen LogP contribution >= 0.6 is 11.8 Å². The zero-order chi connectivity index (χ0) is 7.61. The minimum Gasteiger partial charge on any atom is -0.392 e. The maximum atomic E-state index is 10.1. The van der Waals surface area contributed by atoms with Crippen molar-refractivity contribution in [3.05, 3.63) is 0 Å². The molecule has 0 aromatic rings. The molecule has 9 atom stereocenters. The van der Waals surface area contributed by atoms with E-state index in [4.69, 9.17) is 0 Å². The van der Waals surface area contributed by atoms with E-state index in [0.29, 0.717) is 0 Å². The van der Waals surface area contributed by atoms with Crippen molar-refractivity contribution in [1.82, 2.24) is 0 Å². The van der Waals surface area contributed by atoms with Gasteiger partial charge in [-0.1, -0.05) is 0 Å². The summed E-state index contributed by atoms with van der Waals surface area (Å²) in [5.74, 6) is 5.57. The average Bonchev–Trinajstić information content (AvgIpc) is 2.47. The molecule has 1 nitrogen and oxygen atoms in total. The summed E-state index contributed by atoms with van der Waals surface area (Å²) >= 11 is 2.25. The third-order valence-electron chi connectivity index (χ3n) is 5.58. The smallest absolute Gasteiger partial charge is 0.0623 e. The molecule has 1 N–H and O–H groups in total. The van der Waals surface area contributed by atoms with Crippen molar-refractivity contribution in [2.24, 2.45) is 35.5 Å². The number of fused-ring (bicyclic) bond motifs is 2. The van der Waals surface area contributed by atoms with Gasteiger partial charge >= 0.3 is 0 Å². The fourth-order valence-electron chi connectivity index (χ4n) is 5.51. The maximum absolute atomic E-state index is 10.1. The summed E-state index contributed by atoms with van der Waals surface area (Å²) in [7, 11) is 0. The Bertz CT molecular complexity index is 282. The molecule has 0 spiro atoms. The van der Waals surface area contributed by atoms with Crippen LogP contribution in [0.1, 0.15) is 6.42 Å². The lowest BCUT2D eigenvalue weighted by Crippen LogP contribution is -2.48. The molecule has 1 saturated heterocycles. The Hall–Kier alpha value is 0.310. The Kier molecular flexibility index (Phi) is 0.690. The highest BCUT2D eigenvalue weighted by atomic mass is 32.2. The van der Waals surface area contributed by atoms with Crippen molar-refractivity contribution >= 4 is 11.8 Å². The van der Waals surface area contributed by atoms with E-state index < -0.39 is 0 Å². The molecular weight excluding hydrogens is 168 g/mol. The SMILES string of the molecule is O[C@@H]1[C@@H]2[C@H]3C[C@H]4[C@@H]2S[C@@H]2[C@@H]1[C@H]3[C@@H]42. The summed E-state index contributed by atoms with van der Waals surface area (Å²) in [6.07, 6.45) is 1.61. The lowest BCUT2D eigenvalue weighted by Gasteiger charge is -2.45. The molecule has 5 rings (SSSR count). The van der Waals surface area contributed by atoms with E-state index in [1.807, 2.05) is 0 Å². The minimum absolute atomic E-state index is 0.125. The largest absolute Gasteiger partial charge is 0.392 e. The molecule has 0 aromatic heterocycles. The predicted octanol–water partition coefficient (Wildman–Crippen LogP) is 0.973. The lowest BCUT2D eigenvalue weighted by molar-refractivity contribution is 0.0307. The maximum Gasteiger partial charge on any atom is 0.0623 e. The van der Waals surface area contributed by atoms with Gasteiger partial charge in [0.05, 0.1) is 6.10 Å². The summed E-state index contributed by atoms with van der Waals surface area (Å²) in [5.41, 5.74) is 0.